The Morgan fingerprint density at radius 3 is 2.76 bits per heavy atom. The molecule has 0 unspecified atom stereocenters. The molecule has 21 heavy (non-hydrogen) atoms. The summed E-state index contributed by atoms with van der Waals surface area (Å²) in [6.07, 6.45) is 1.41. The van der Waals surface area contributed by atoms with Gasteiger partial charge in [-0.1, -0.05) is 22.0 Å². The quantitative estimate of drug-likeness (QED) is 0.591. The summed E-state index contributed by atoms with van der Waals surface area (Å²) in [6, 6.07) is 10.7. The molecule has 0 saturated carbocycles. The first-order chi connectivity index (χ1) is 10.2. The lowest BCUT2D eigenvalue weighted by Crippen LogP contribution is -2.12. The van der Waals surface area contributed by atoms with E-state index in [1.165, 1.54) is 13.3 Å². The topological polar surface area (TPSA) is 57.7 Å². The molecular weight excluding hydrogens is 338 g/mol. The number of carbonyl (C=O) groups excluding carboxylic acids is 1. The molecule has 1 aromatic carbocycles. The number of carbonyl (C=O) groups is 1. The number of pyridine rings is 1. The van der Waals surface area contributed by atoms with Crippen molar-refractivity contribution in [3.05, 3.63) is 52.6 Å². The molecule has 0 aliphatic rings. The van der Waals surface area contributed by atoms with Gasteiger partial charge < -0.3 is 14.2 Å². The Morgan fingerprint density at radius 2 is 2.10 bits per heavy atom. The maximum atomic E-state index is 11.7. The number of esters is 1. The Hall–Kier alpha value is -2.08. The number of benzene rings is 1. The average molecular weight is 352 g/mol. The summed E-state index contributed by atoms with van der Waals surface area (Å²) < 4.78 is 16.4. The number of nitrogens with zero attached hydrogens (tertiary/aromatic N) is 1. The second kappa shape index (κ2) is 7.64. The maximum absolute atomic E-state index is 11.7. The Kier molecular flexibility index (Phi) is 5.57. The van der Waals surface area contributed by atoms with E-state index < -0.39 is 5.97 Å². The van der Waals surface area contributed by atoms with Gasteiger partial charge in [0.25, 0.3) is 0 Å². The lowest BCUT2D eigenvalue weighted by Gasteiger charge is -2.07. The van der Waals surface area contributed by atoms with E-state index in [1.807, 2.05) is 24.3 Å². The lowest BCUT2D eigenvalue weighted by atomic mass is 10.3. The van der Waals surface area contributed by atoms with Gasteiger partial charge >= 0.3 is 5.97 Å². The molecule has 0 aliphatic heterocycles. The highest BCUT2D eigenvalue weighted by atomic mass is 79.9. The number of hydrogen-bond acceptors (Lipinski definition) is 5. The standard InChI is InChI=1S/C15H14BrNO4/c1-19-14-6-5-11(10-17-14)15(18)21-8-7-20-13-4-2-3-12(16)9-13/h2-6,9-10H,7-8H2,1H3. The molecule has 6 heteroatoms. The zero-order valence-electron chi connectivity index (χ0n) is 11.4. The van der Waals surface area contributed by atoms with Crippen LogP contribution in [0, 0.1) is 0 Å². The summed E-state index contributed by atoms with van der Waals surface area (Å²) in [6.45, 7) is 0.448. The SMILES string of the molecule is COc1ccc(C(=O)OCCOc2cccc(Br)c2)cn1. The number of aromatic nitrogens is 1. The molecule has 0 radical (unpaired) electrons. The van der Waals surface area contributed by atoms with Crippen LogP contribution < -0.4 is 9.47 Å². The third kappa shape index (κ3) is 4.75. The third-order valence-electron chi connectivity index (χ3n) is 2.56. The summed E-state index contributed by atoms with van der Waals surface area (Å²) in [5, 5.41) is 0. The number of halogens is 1. The zero-order chi connectivity index (χ0) is 15.1. The Morgan fingerprint density at radius 1 is 1.24 bits per heavy atom. The summed E-state index contributed by atoms with van der Waals surface area (Å²) in [5.41, 5.74) is 0.373. The van der Waals surface area contributed by atoms with Crippen LogP contribution in [0.25, 0.3) is 0 Å². The molecule has 0 atom stereocenters. The fourth-order valence-electron chi connectivity index (χ4n) is 1.56. The van der Waals surface area contributed by atoms with Crippen LogP contribution in [0.4, 0.5) is 0 Å². The van der Waals surface area contributed by atoms with Crippen molar-refractivity contribution in [2.75, 3.05) is 20.3 Å². The fraction of sp³-hybridized carbons (Fsp3) is 0.200. The van der Waals surface area contributed by atoms with E-state index in [2.05, 4.69) is 20.9 Å². The smallest absolute Gasteiger partial charge is 0.339 e. The van der Waals surface area contributed by atoms with Gasteiger partial charge in [-0.2, -0.15) is 0 Å². The van der Waals surface area contributed by atoms with Crippen molar-refractivity contribution in [1.29, 1.82) is 0 Å². The molecule has 0 amide bonds. The Labute approximate surface area is 131 Å². The van der Waals surface area contributed by atoms with Crippen LogP contribution in [0.15, 0.2) is 47.1 Å². The van der Waals surface area contributed by atoms with Crippen molar-refractivity contribution in [2.45, 2.75) is 0 Å². The van der Waals surface area contributed by atoms with Crippen LogP contribution in [0.1, 0.15) is 10.4 Å². The third-order valence-corrected chi connectivity index (χ3v) is 3.06. The fourth-order valence-corrected chi connectivity index (χ4v) is 1.93. The minimum Gasteiger partial charge on any atom is -0.490 e. The van der Waals surface area contributed by atoms with Crippen LogP contribution in [0.5, 0.6) is 11.6 Å². The molecule has 5 nitrogen and oxygen atoms in total. The van der Waals surface area contributed by atoms with E-state index in [4.69, 9.17) is 14.2 Å². The summed E-state index contributed by atoms with van der Waals surface area (Å²) in [5.74, 6) is 0.721. The van der Waals surface area contributed by atoms with Crippen molar-refractivity contribution in [3.63, 3.8) is 0 Å². The second-order valence-corrected chi connectivity index (χ2v) is 4.95. The monoisotopic (exact) mass is 351 g/mol. The van der Waals surface area contributed by atoms with E-state index in [-0.39, 0.29) is 13.2 Å². The normalized spacial score (nSPS) is 10.0. The van der Waals surface area contributed by atoms with Crippen molar-refractivity contribution in [1.82, 2.24) is 4.98 Å². The number of hydrogen-bond donors (Lipinski definition) is 0. The van der Waals surface area contributed by atoms with Crippen LogP contribution in [0.2, 0.25) is 0 Å². The van der Waals surface area contributed by atoms with Gasteiger partial charge in [-0.05, 0) is 24.3 Å². The number of ether oxygens (including phenoxy) is 3. The van der Waals surface area contributed by atoms with E-state index in [0.717, 1.165) is 4.47 Å². The molecule has 0 fully saturated rings. The molecule has 1 aromatic heterocycles. The van der Waals surface area contributed by atoms with E-state index in [0.29, 0.717) is 17.2 Å². The summed E-state index contributed by atoms with van der Waals surface area (Å²) in [4.78, 5) is 15.7. The van der Waals surface area contributed by atoms with E-state index in [1.54, 1.807) is 12.1 Å². The highest BCUT2D eigenvalue weighted by Crippen LogP contribution is 2.17. The summed E-state index contributed by atoms with van der Waals surface area (Å²) >= 11 is 3.35. The molecule has 0 saturated heterocycles. The molecule has 0 spiro atoms. The molecule has 2 rings (SSSR count). The average Bonchev–Trinajstić information content (AvgIpc) is 2.51. The molecular formula is C15H14BrNO4. The molecule has 0 N–H and O–H groups in total. The largest absolute Gasteiger partial charge is 0.490 e. The lowest BCUT2D eigenvalue weighted by molar-refractivity contribution is 0.0450. The molecule has 1 heterocycles. The minimum atomic E-state index is -0.442. The second-order valence-electron chi connectivity index (χ2n) is 4.03. The van der Waals surface area contributed by atoms with Gasteiger partial charge in [0.15, 0.2) is 0 Å². The van der Waals surface area contributed by atoms with Gasteiger partial charge in [0.2, 0.25) is 5.88 Å². The van der Waals surface area contributed by atoms with E-state index in [9.17, 15) is 4.79 Å². The van der Waals surface area contributed by atoms with Crippen molar-refractivity contribution in [2.24, 2.45) is 0 Å². The van der Waals surface area contributed by atoms with Crippen molar-refractivity contribution >= 4 is 21.9 Å². The number of rotatable bonds is 6. The van der Waals surface area contributed by atoms with Gasteiger partial charge in [-0.25, -0.2) is 9.78 Å². The first kappa shape index (κ1) is 15.3. The van der Waals surface area contributed by atoms with Gasteiger partial charge in [0, 0.05) is 16.7 Å². The molecule has 0 bridgehead atoms. The van der Waals surface area contributed by atoms with Crippen LogP contribution in [-0.2, 0) is 4.74 Å². The molecule has 2 aromatic rings. The minimum absolute atomic E-state index is 0.164. The maximum Gasteiger partial charge on any atom is 0.339 e. The Balaban J connectivity index is 1.76. The van der Waals surface area contributed by atoms with Crippen LogP contribution in [0.3, 0.4) is 0 Å². The van der Waals surface area contributed by atoms with Crippen molar-refractivity contribution in [3.8, 4) is 11.6 Å². The zero-order valence-corrected chi connectivity index (χ0v) is 13.0. The van der Waals surface area contributed by atoms with Gasteiger partial charge in [-0.15, -0.1) is 0 Å². The Bertz CT molecular complexity index is 601. The van der Waals surface area contributed by atoms with Gasteiger partial charge in [-0.3, -0.25) is 0 Å². The van der Waals surface area contributed by atoms with Gasteiger partial charge in [0.05, 0.1) is 12.7 Å². The first-order valence-electron chi connectivity index (χ1n) is 6.24. The van der Waals surface area contributed by atoms with E-state index >= 15 is 0 Å². The first-order valence-corrected chi connectivity index (χ1v) is 7.04. The number of methoxy groups -OCH3 is 1. The van der Waals surface area contributed by atoms with Crippen LogP contribution in [-0.4, -0.2) is 31.3 Å². The van der Waals surface area contributed by atoms with Crippen molar-refractivity contribution < 1.29 is 19.0 Å². The molecule has 0 aliphatic carbocycles. The predicted octanol–water partition coefficient (Wildman–Crippen LogP) is 3.09. The summed E-state index contributed by atoms with van der Waals surface area (Å²) in [7, 11) is 1.51. The highest BCUT2D eigenvalue weighted by molar-refractivity contribution is 9.10. The van der Waals surface area contributed by atoms with Crippen LogP contribution >= 0.6 is 15.9 Å². The predicted molar refractivity (Wildman–Crippen MR) is 80.7 cm³/mol. The van der Waals surface area contributed by atoms with Gasteiger partial charge in [0.1, 0.15) is 19.0 Å². The molecule has 110 valence electrons. The highest BCUT2D eigenvalue weighted by Gasteiger charge is 2.07.